The number of anilines is 2. The van der Waals surface area contributed by atoms with E-state index >= 15 is 8.78 Å². The van der Waals surface area contributed by atoms with E-state index in [9.17, 15) is 24.3 Å². The van der Waals surface area contributed by atoms with Crippen LogP contribution in [0.25, 0.3) is 32.9 Å². The Kier molecular flexibility index (Phi) is 15.5. The van der Waals surface area contributed by atoms with Crippen LogP contribution in [-0.2, 0) is 38.6 Å². The SMILES string of the molecule is CCc1c(F)ccc2cc(O)cc(-c3ncc4c(N5CCCn6nc(C(=O)N7CCN(C(=O)CN8CCC(c9ccc(NC%10CCC(=O)NC%10=O)cc9)CC8)CC7)cc6C5)nc(OC[C@H](C)CN5CCOCC5)nc4c3F)c12. The molecule has 4 fully saturated rings. The van der Waals surface area contributed by atoms with Gasteiger partial charge >= 0.3 is 6.01 Å². The van der Waals surface area contributed by atoms with Crippen molar-refractivity contribution in [3.63, 3.8) is 0 Å². The van der Waals surface area contributed by atoms with Gasteiger partial charge in [0.25, 0.3) is 5.91 Å². The normalized spacial score (nSPS) is 19.4. The molecule has 8 heterocycles. The van der Waals surface area contributed by atoms with Gasteiger partial charge in [0.1, 0.15) is 34.6 Å². The standard InChI is InChI=1S/C57H66F2N12O7/c1-3-42-45(58)10-7-38-27-41(72)29-43(50(38)42)52-51(59)53-44(30-60-52)54(64-57(63-53)78-34-35(2)31-67-23-25-77-26-24-67)70-15-4-16-71-40(32-70)28-47(65-71)56(76)69-21-19-68(20-22-69)49(74)33-66-17-13-37(14-18-66)36-5-8-39(9-6-36)61-46-11-12-48(73)62-55(46)75/h5-10,27-30,35,37,46,61,72H,3-4,11-26,31-34H2,1-2H3,(H,62,73,75)/t35-,46?/m1/s1. The van der Waals surface area contributed by atoms with E-state index in [0.717, 1.165) is 56.9 Å². The first kappa shape index (κ1) is 52.7. The second-order valence-corrected chi connectivity index (χ2v) is 21.3. The van der Waals surface area contributed by atoms with Crippen molar-refractivity contribution in [1.29, 1.82) is 0 Å². The molecule has 0 radical (unpaired) electrons. The third-order valence-corrected chi connectivity index (χ3v) is 15.9. The number of hydrogen-bond donors (Lipinski definition) is 3. The quantitative estimate of drug-likeness (QED) is 0.112. The summed E-state index contributed by atoms with van der Waals surface area (Å²) in [4.78, 5) is 75.8. The number of amides is 4. The number of likely N-dealkylation sites (tertiary alicyclic amines) is 1. The number of aryl methyl sites for hydroxylation is 2. The average Bonchev–Trinajstić information content (AvgIpc) is 3.89. The molecule has 2 atom stereocenters. The number of rotatable bonds is 14. The summed E-state index contributed by atoms with van der Waals surface area (Å²) in [6.45, 7) is 12.8. The number of phenols is 1. The lowest BCUT2D eigenvalue weighted by Crippen LogP contribution is -2.53. The van der Waals surface area contributed by atoms with Crippen LogP contribution >= 0.6 is 0 Å². The minimum Gasteiger partial charge on any atom is -0.508 e. The van der Waals surface area contributed by atoms with Crippen LogP contribution in [0.5, 0.6) is 11.8 Å². The van der Waals surface area contributed by atoms with Crippen LogP contribution in [-0.4, -0.2) is 171 Å². The first-order valence-corrected chi connectivity index (χ1v) is 27.4. The maximum atomic E-state index is 17.4. The number of piperidine rings is 2. The molecule has 4 amide bonds. The summed E-state index contributed by atoms with van der Waals surface area (Å²) in [5.41, 5.74) is 3.62. The van der Waals surface area contributed by atoms with Crippen LogP contribution in [0.3, 0.4) is 0 Å². The molecule has 6 aromatic rings. The van der Waals surface area contributed by atoms with E-state index in [0.29, 0.717) is 124 Å². The van der Waals surface area contributed by atoms with Gasteiger partial charge in [-0.25, -0.2) is 8.78 Å². The molecule has 0 saturated carbocycles. The van der Waals surface area contributed by atoms with Crippen molar-refractivity contribution in [3.8, 4) is 23.0 Å². The number of halogens is 2. The number of pyridine rings is 1. The van der Waals surface area contributed by atoms with E-state index in [-0.39, 0.29) is 71.2 Å². The summed E-state index contributed by atoms with van der Waals surface area (Å²) in [6, 6.07) is 15.3. The van der Waals surface area contributed by atoms with Crippen molar-refractivity contribution in [2.45, 2.75) is 77.4 Å². The molecule has 0 spiro atoms. The van der Waals surface area contributed by atoms with Crippen LogP contribution < -0.4 is 20.3 Å². The topological polar surface area (TPSA) is 204 Å². The van der Waals surface area contributed by atoms with Crippen molar-refractivity contribution in [2.24, 2.45) is 5.92 Å². The lowest BCUT2D eigenvalue weighted by molar-refractivity contribution is -0.135. The molecular weight excluding hydrogens is 1000 g/mol. The zero-order chi connectivity index (χ0) is 54.0. The van der Waals surface area contributed by atoms with Crippen molar-refractivity contribution >= 4 is 56.8 Å². The smallest absolute Gasteiger partial charge is 0.319 e. The maximum absolute atomic E-state index is 17.4. The largest absolute Gasteiger partial charge is 0.508 e. The van der Waals surface area contributed by atoms with Gasteiger partial charge in [0.2, 0.25) is 17.7 Å². The van der Waals surface area contributed by atoms with Gasteiger partial charge in [0.05, 0.1) is 44.0 Å². The molecule has 11 rings (SSSR count). The number of aromatic hydroxyl groups is 1. The highest BCUT2D eigenvalue weighted by Gasteiger charge is 2.32. The van der Waals surface area contributed by atoms with Gasteiger partial charge in [-0.2, -0.15) is 15.1 Å². The van der Waals surface area contributed by atoms with Crippen molar-refractivity contribution < 1.29 is 42.5 Å². The lowest BCUT2D eigenvalue weighted by Gasteiger charge is -2.37. The molecule has 19 nitrogen and oxygen atoms in total. The Labute approximate surface area is 450 Å². The zero-order valence-electron chi connectivity index (χ0n) is 44.2. The third kappa shape index (κ3) is 11.3. The minimum atomic E-state index is -0.765. The van der Waals surface area contributed by atoms with E-state index < -0.39 is 17.7 Å². The number of fused-ring (bicyclic) bond motifs is 3. The van der Waals surface area contributed by atoms with Gasteiger partial charge in [-0.3, -0.25) is 44.0 Å². The molecule has 5 aliphatic heterocycles. The van der Waals surface area contributed by atoms with E-state index in [4.69, 9.17) is 19.6 Å². The highest BCUT2D eigenvalue weighted by molar-refractivity contribution is 6.02. The predicted molar refractivity (Wildman–Crippen MR) is 288 cm³/mol. The summed E-state index contributed by atoms with van der Waals surface area (Å²) >= 11 is 0. The maximum Gasteiger partial charge on any atom is 0.319 e. The number of piperazine rings is 1. The van der Waals surface area contributed by atoms with Crippen LogP contribution in [0.1, 0.15) is 79.2 Å². The van der Waals surface area contributed by atoms with Gasteiger partial charge in [0, 0.05) is 88.7 Å². The predicted octanol–water partition coefficient (Wildman–Crippen LogP) is 5.73. The fraction of sp³-hybridized carbons (Fsp3) is 0.474. The Balaban J connectivity index is 0.748. The van der Waals surface area contributed by atoms with Crippen molar-refractivity contribution in [2.75, 3.05) is 102 Å². The van der Waals surface area contributed by atoms with Gasteiger partial charge in [-0.05, 0) is 109 Å². The van der Waals surface area contributed by atoms with Crippen LogP contribution in [0.4, 0.5) is 20.3 Å². The number of ether oxygens (including phenoxy) is 2. The average molecular weight is 1070 g/mol. The minimum absolute atomic E-state index is 0.0125. The number of nitrogens with zero attached hydrogens (tertiary/aromatic N) is 10. The van der Waals surface area contributed by atoms with Gasteiger partial charge in [-0.1, -0.05) is 32.0 Å². The Morgan fingerprint density at radius 1 is 0.897 bits per heavy atom. The Morgan fingerprint density at radius 2 is 1.67 bits per heavy atom. The van der Waals surface area contributed by atoms with Crippen molar-refractivity contribution in [3.05, 3.63) is 94.9 Å². The summed E-state index contributed by atoms with van der Waals surface area (Å²) in [5, 5.41) is 22.6. The molecule has 3 N–H and O–H groups in total. The number of benzene rings is 3. The summed E-state index contributed by atoms with van der Waals surface area (Å²) < 4.78 is 46.3. The number of morpholine rings is 1. The highest BCUT2D eigenvalue weighted by atomic mass is 19.1. The van der Waals surface area contributed by atoms with E-state index in [2.05, 4.69) is 49.5 Å². The second kappa shape index (κ2) is 22.9. The lowest BCUT2D eigenvalue weighted by atomic mass is 9.89. The fourth-order valence-electron chi connectivity index (χ4n) is 11.7. The molecule has 4 saturated heterocycles. The number of phenolic OH excluding ortho intramolecular Hbond substituents is 1. The molecule has 0 aliphatic carbocycles. The van der Waals surface area contributed by atoms with Gasteiger partial charge in [0.15, 0.2) is 11.5 Å². The highest BCUT2D eigenvalue weighted by Crippen LogP contribution is 2.40. The third-order valence-electron chi connectivity index (χ3n) is 15.9. The molecule has 3 aromatic heterocycles. The summed E-state index contributed by atoms with van der Waals surface area (Å²) in [5.74, 6) is -1.17. The molecule has 1 unspecified atom stereocenters. The van der Waals surface area contributed by atoms with Gasteiger partial charge < -0.3 is 34.6 Å². The van der Waals surface area contributed by atoms with Crippen LogP contribution in [0.2, 0.25) is 0 Å². The molecule has 0 bridgehead atoms. The Hall–Kier alpha value is -7.36. The second-order valence-electron chi connectivity index (χ2n) is 21.3. The first-order valence-electron chi connectivity index (χ1n) is 27.4. The number of hydrogen-bond acceptors (Lipinski definition) is 15. The molecule has 5 aliphatic rings. The van der Waals surface area contributed by atoms with E-state index in [1.807, 2.05) is 33.5 Å². The zero-order valence-corrected chi connectivity index (χ0v) is 44.2. The Bertz CT molecular complexity index is 3230. The number of nitrogens with one attached hydrogen (secondary N) is 2. The molecule has 78 heavy (non-hydrogen) atoms. The first-order chi connectivity index (χ1) is 37.8. The van der Waals surface area contributed by atoms with E-state index in [1.54, 1.807) is 17.0 Å². The number of aromatic nitrogens is 5. The van der Waals surface area contributed by atoms with Crippen LogP contribution in [0, 0.1) is 17.6 Å². The summed E-state index contributed by atoms with van der Waals surface area (Å²) in [7, 11) is 0. The molecule has 3 aromatic carbocycles. The summed E-state index contributed by atoms with van der Waals surface area (Å²) in [6.07, 6.45) is 5.11. The number of imide groups is 1. The van der Waals surface area contributed by atoms with Crippen molar-refractivity contribution in [1.82, 2.24) is 49.6 Å². The monoisotopic (exact) mass is 1070 g/mol. The molecule has 410 valence electrons. The van der Waals surface area contributed by atoms with Gasteiger partial charge in [-0.15, -0.1) is 0 Å². The number of carbonyl (C=O) groups excluding carboxylic acids is 4. The number of carbonyl (C=O) groups is 4. The Morgan fingerprint density at radius 3 is 2.42 bits per heavy atom. The van der Waals surface area contributed by atoms with Crippen LogP contribution in [0.15, 0.2) is 60.8 Å². The molecular formula is C57H66F2N12O7. The van der Waals surface area contributed by atoms with E-state index in [1.165, 1.54) is 30.0 Å². The molecule has 21 heteroatoms. The fourth-order valence-corrected chi connectivity index (χ4v) is 11.7.